The van der Waals surface area contributed by atoms with E-state index in [9.17, 15) is 63.3 Å². The number of carbonyl (C=O) groups excluding carboxylic acids is 16. The summed E-state index contributed by atoms with van der Waals surface area (Å²) in [6, 6.07) is -18.4. The Labute approximate surface area is 780 Å². The van der Waals surface area contributed by atoms with Gasteiger partial charge in [0, 0.05) is 64.1 Å². The number of carbonyl (C=O) groups is 17. The molecule has 1 aromatic carbocycles. The zero-order valence-electron chi connectivity index (χ0n) is 76.2. The number of hydrogen-bond acceptors (Lipinski definition) is 25. The Balaban J connectivity index is 1.74. The highest BCUT2D eigenvalue weighted by Crippen LogP contribution is 2.30. The second-order valence-electron chi connectivity index (χ2n) is 34.2. The molecule has 5 rings (SSSR count). The topological polar surface area (TPSA) is 787 Å². The molecule has 3 saturated heterocycles. The quantitative estimate of drug-likeness (QED) is 0.0127. The third-order valence-electron chi connectivity index (χ3n) is 22.6. The summed E-state index contributed by atoms with van der Waals surface area (Å²) >= 11 is 0. The molecule has 0 aromatic heterocycles. The van der Waals surface area contributed by atoms with Crippen molar-refractivity contribution >= 4 is 146 Å². The second-order valence-corrected chi connectivity index (χ2v) is 36.8. The van der Waals surface area contributed by atoms with Crippen LogP contribution in [-0.4, -0.2) is 297 Å². The van der Waals surface area contributed by atoms with Gasteiger partial charge in [0.25, 0.3) is 0 Å². The summed E-state index contributed by atoms with van der Waals surface area (Å²) in [6.45, 7) is 8.04. The van der Waals surface area contributed by atoms with Crippen molar-refractivity contribution in [3.05, 3.63) is 29.8 Å². The first-order chi connectivity index (χ1) is 63.0. The molecule has 1 aromatic rings. The van der Waals surface area contributed by atoms with Crippen LogP contribution in [0.5, 0.6) is 5.75 Å². The van der Waals surface area contributed by atoms with E-state index in [-0.39, 0.29) is 177 Å². The molecular weight excluding hydrogens is 1770 g/mol. The molecule has 16 amide bonds. The van der Waals surface area contributed by atoms with Crippen LogP contribution in [0.15, 0.2) is 24.3 Å². The third-order valence-corrected chi connectivity index (χ3v) is 25.0. The number of nitrogens with two attached hydrogens (primary N) is 5. The van der Waals surface area contributed by atoms with Crippen LogP contribution in [0.3, 0.4) is 0 Å². The van der Waals surface area contributed by atoms with Gasteiger partial charge in [0.05, 0.1) is 13.0 Å². The molecule has 48 nitrogen and oxygen atoms in total. The smallest absolute Gasteiger partial charge is 0.305 e. The number of aliphatic hydroxyl groups is 1. The van der Waals surface area contributed by atoms with Crippen LogP contribution in [0, 0.1) is 39.4 Å². The lowest BCUT2D eigenvalue weighted by molar-refractivity contribution is -0.146. The first-order valence-electron chi connectivity index (χ1n) is 45.0. The van der Waals surface area contributed by atoms with Crippen LogP contribution in [0.4, 0.5) is 0 Å². The van der Waals surface area contributed by atoms with Crippen molar-refractivity contribution in [2.45, 2.75) is 280 Å². The number of carboxylic acids is 1. The molecule has 34 N–H and O–H groups in total. The van der Waals surface area contributed by atoms with Gasteiger partial charge < -0.3 is 144 Å². The van der Waals surface area contributed by atoms with E-state index in [0.29, 0.717) is 12.8 Å². The molecule has 4 fully saturated rings. The number of benzene rings is 1. The van der Waals surface area contributed by atoms with E-state index in [1.807, 2.05) is 0 Å². The van der Waals surface area contributed by atoms with Gasteiger partial charge in [-0.1, -0.05) is 107 Å². The first kappa shape index (κ1) is 111. The number of rotatable bonds is 38. The minimum Gasteiger partial charge on any atom is -0.508 e. The molecule has 15 atom stereocenters. The van der Waals surface area contributed by atoms with Gasteiger partial charge in [0.15, 0.2) is 23.8 Å². The van der Waals surface area contributed by atoms with E-state index in [1.165, 1.54) is 43.0 Å². The molecule has 50 heteroatoms. The van der Waals surface area contributed by atoms with Gasteiger partial charge in [-0.15, -0.1) is 0 Å². The number of aromatic hydroxyl groups is 1. The Morgan fingerprint density at radius 3 is 1.44 bits per heavy atom. The van der Waals surface area contributed by atoms with Gasteiger partial charge in [0.1, 0.15) is 96.4 Å². The number of fused-ring (bicyclic) bond motifs is 2. The number of aliphatic carboxylic acids is 1. The van der Waals surface area contributed by atoms with Crippen LogP contribution < -0.4 is 119 Å². The number of carboxylic acid groups (broad SMARTS) is 1. The molecule has 1 saturated carbocycles. The van der Waals surface area contributed by atoms with Crippen LogP contribution >= 0.6 is 21.6 Å². The summed E-state index contributed by atoms with van der Waals surface area (Å²) in [6.07, 6.45) is 2.31. The predicted molar refractivity (Wildman–Crippen MR) is 492 cm³/mol. The summed E-state index contributed by atoms with van der Waals surface area (Å²) < 4.78 is 0. The highest BCUT2D eigenvalue weighted by molar-refractivity contribution is 8.76. The fraction of sp³-hybridized carbons (Fsp3) is 0.675. The Morgan fingerprint density at radius 2 is 0.940 bits per heavy atom. The average molecular weight is 1910 g/mol. The molecule has 3 heterocycles. The second kappa shape index (κ2) is 57.2. The van der Waals surface area contributed by atoms with Crippen LogP contribution in [0.25, 0.3) is 0 Å². The minimum atomic E-state index is -2.00. The number of aliphatic hydroxyl groups excluding tert-OH is 1. The lowest BCUT2D eigenvalue weighted by atomic mass is 9.84. The molecule has 1 aliphatic carbocycles. The number of primary amides is 1. The van der Waals surface area contributed by atoms with Gasteiger partial charge in [-0.25, -0.2) is 0 Å². The molecule has 0 spiro atoms. The largest absolute Gasteiger partial charge is 0.508 e. The van der Waals surface area contributed by atoms with Crippen molar-refractivity contribution in [1.82, 2.24) is 100 Å². The van der Waals surface area contributed by atoms with Crippen LogP contribution in [-0.2, 0) is 87.9 Å². The van der Waals surface area contributed by atoms with E-state index >= 15 is 33.6 Å². The SMILES string of the molecule is CCC[C@@H]1NC(=O)[C@H](CC2CCCCC2)NC(=O)[C@H](CC(C)C)NC(=O)[C@@H]2CCCN2C(=O)[C@@H](NC(=O)[C@H](CCCNC(=N)N)NC(=O)[C@H](CCCNC(=N)N)NC(C)=O)CSSC[C@@H](C(=O)N[C@@H](CCCNC(=N)N)C(=O)N[C@@H](CCCNC(=N)N)C(N)=O)NC(=O)[C@H](C(C)C)NC(=O)[C@@H]2CCCN2C(=O)[C@H](CC(=O)O)NC(=O)[C@H](Cc2ccc(O)cc2)NC(=O)[C@H](CO)NC1=O. The predicted octanol–water partition coefficient (Wildman–Crippen LogP) is -5.89. The van der Waals surface area contributed by atoms with E-state index in [0.717, 1.165) is 52.7 Å². The molecule has 0 unspecified atom stereocenters. The highest BCUT2D eigenvalue weighted by Gasteiger charge is 2.45. The van der Waals surface area contributed by atoms with Crippen molar-refractivity contribution in [3.63, 3.8) is 0 Å². The Morgan fingerprint density at radius 1 is 0.496 bits per heavy atom. The molecule has 133 heavy (non-hydrogen) atoms. The van der Waals surface area contributed by atoms with Crippen molar-refractivity contribution in [2.75, 3.05) is 57.4 Å². The number of guanidine groups is 4. The molecule has 0 bridgehead atoms. The number of phenols is 1. The van der Waals surface area contributed by atoms with E-state index in [2.05, 4.69) is 90.4 Å². The van der Waals surface area contributed by atoms with Crippen molar-refractivity contribution < 1.29 is 96.8 Å². The van der Waals surface area contributed by atoms with Gasteiger partial charge in [-0.3, -0.25) is 103 Å². The van der Waals surface area contributed by atoms with Crippen LogP contribution in [0.2, 0.25) is 0 Å². The number of nitrogens with one attached hydrogen (secondary N) is 21. The summed E-state index contributed by atoms with van der Waals surface area (Å²) in [5.41, 5.74) is 28.2. The maximum absolute atomic E-state index is 15.8. The zero-order chi connectivity index (χ0) is 98.7. The fourth-order valence-corrected chi connectivity index (χ4v) is 18.0. The van der Waals surface area contributed by atoms with Crippen molar-refractivity contribution in [2.24, 2.45) is 46.4 Å². The Bertz CT molecular complexity index is 4210. The van der Waals surface area contributed by atoms with Gasteiger partial charge >= 0.3 is 5.97 Å². The standard InChI is InChI=1S/C83H138N28O20S2/c1-7-17-50-66(118)106-58(40-112)73(125)103-56(38-47-26-28-48(114)29-27-47)72(124)105-57(39-63(115)116)78(130)110-34-16-25-62(110)76(128)109-64(44(4)5)77(129)107-59(74(126)101-52(22-13-32-95-82(89)90)68(120)98-49(65(84)117)20-11-30-93-80(85)86)41-132-133-42-60(108-69(121)53(23-14-33-96-83(91)92)100-67(119)51(97-45(6)113)21-12-31-94-81(87)88)79(131)111-35-15-24-61(111)75(127)104-54(36-43(2)3)70(122)102-55(71(123)99-50)37-46-18-9-8-10-19-46/h26-29,43-44,46,49-62,64,112,114H,7-25,30-42H2,1-6H3,(H2,84,117)(H,97,113)(H,98,120)(H,99,123)(H,100,119)(H,101,126)(H,102,122)(H,103,125)(H,104,127)(H,105,124)(H,106,118)(H,107,129)(H,108,121)(H,109,128)(H,115,116)(H4,85,86,93)(H4,87,88,94)(H4,89,90,95)(H4,91,92,96)/t49-,50-,51-,52-,53-,54-,55-,56-,57-,58-,59-,60-,61-,62-,64-/m0/s1. The number of amides is 16. The van der Waals surface area contributed by atoms with Gasteiger partial charge in [0.2, 0.25) is 94.5 Å². The average Bonchev–Trinajstić information content (AvgIpc) is 1.72. The zero-order valence-corrected chi connectivity index (χ0v) is 77.8. The maximum atomic E-state index is 15.8. The van der Waals surface area contributed by atoms with Crippen LogP contribution in [0.1, 0.15) is 188 Å². The van der Waals surface area contributed by atoms with Crippen molar-refractivity contribution in [1.29, 1.82) is 21.6 Å². The summed E-state index contributed by atoms with van der Waals surface area (Å²) in [5.74, 6) is -21.3. The van der Waals surface area contributed by atoms with E-state index < -0.39 is 240 Å². The van der Waals surface area contributed by atoms with Gasteiger partial charge in [-0.05, 0) is 132 Å². The summed E-state index contributed by atoms with van der Waals surface area (Å²) in [4.78, 5) is 250. The lowest BCUT2D eigenvalue weighted by Crippen LogP contribution is -2.62. The molecule has 3 aliphatic heterocycles. The molecule has 0 radical (unpaired) electrons. The van der Waals surface area contributed by atoms with E-state index in [4.69, 9.17) is 50.3 Å². The maximum Gasteiger partial charge on any atom is 0.305 e. The van der Waals surface area contributed by atoms with E-state index in [1.54, 1.807) is 20.8 Å². The van der Waals surface area contributed by atoms with Gasteiger partial charge in [-0.2, -0.15) is 0 Å². The molecule has 4 aliphatic rings. The lowest BCUT2D eigenvalue weighted by Gasteiger charge is -2.32. The normalized spacial score (nSPS) is 23.1. The number of nitrogens with zero attached hydrogens (tertiary/aromatic N) is 2. The Hall–Kier alpha value is -12.3. The number of phenolic OH excluding ortho intramolecular Hbond substituents is 1. The number of hydrogen-bond donors (Lipinski definition) is 29. The van der Waals surface area contributed by atoms with Crippen molar-refractivity contribution in [3.8, 4) is 5.75 Å². The third kappa shape index (κ3) is 39.2. The fourth-order valence-electron chi connectivity index (χ4n) is 15.7. The molecule has 742 valence electrons. The summed E-state index contributed by atoms with van der Waals surface area (Å²) in [7, 11) is 1.64. The summed E-state index contributed by atoms with van der Waals surface area (Å²) in [5, 5.41) is 107. The minimum absolute atomic E-state index is 0.00700. The highest BCUT2D eigenvalue weighted by atomic mass is 33.1. The first-order valence-corrected chi connectivity index (χ1v) is 47.5. The molecular formula is C83H138N28O20S2. The monoisotopic (exact) mass is 1910 g/mol. The Kier molecular flexibility index (Phi) is 47.9.